The van der Waals surface area contributed by atoms with Gasteiger partial charge in [0, 0.05) is 61.5 Å². The van der Waals surface area contributed by atoms with Crippen molar-refractivity contribution in [3.63, 3.8) is 0 Å². The van der Waals surface area contributed by atoms with Crippen molar-refractivity contribution in [3.8, 4) is 11.3 Å². The molecular formula is C27H29ClN4O2. The van der Waals surface area contributed by atoms with Crippen molar-refractivity contribution < 1.29 is 9.59 Å². The van der Waals surface area contributed by atoms with Gasteiger partial charge in [-0.2, -0.15) is 5.10 Å². The molecule has 2 aromatic carbocycles. The smallest absolute Gasteiger partial charge is 0.246 e. The second kappa shape index (κ2) is 10.7. The Balaban J connectivity index is 1.51. The molecule has 2 heterocycles. The van der Waals surface area contributed by atoms with E-state index >= 15 is 0 Å². The van der Waals surface area contributed by atoms with Crippen molar-refractivity contribution in [2.24, 2.45) is 5.92 Å². The summed E-state index contributed by atoms with van der Waals surface area (Å²) in [7, 11) is 3.55. The minimum absolute atomic E-state index is 0.00393. The third-order valence-electron chi connectivity index (χ3n) is 6.13. The van der Waals surface area contributed by atoms with Crippen LogP contribution in [0, 0.1) is 5.92 Å². The first-order chi connectivity index (χ1) is 16.4. The van der Waals surface area contributed by atoms with Gasteiger partial charge in [-0.25, -0.2) is 0 Å². The maximum atomic E-state index is 12.9. The number of aromatic nitrogens is 2. The quantitative estimate of drug-likeness (QED) is 0.489. The van der Waals surface area contributed by atoms with Gasteiger partial charge in [0.05, 0.1) is 12.2 Å². The Bertz CT molecular complexity index is 1180. The van der Waals surface area contributed by atoms with Gasteiger partial charge in [-0.1, -0.05) is 60.1 Å². The second-order valence-electron chi connectivity index (χ2n) is 8.75. The molecule has 1 aromatic heterocycles. The maximum Gasteiger partial charge on any atom is 0.246 e. The predicted molar refractivity (Wildman–Crippen MR) is 135 cm³/mol. The summed E-state index contributed by atoms with van der Waals surface area (Å²) < 4.78 is 1.85. The van der Waals surface area contributed by atoms with Crippen molar-refractivity contribution in [2.45, 2.75) is 19.4 Å². The molecule has 4 rings (SSSR count). The number of carbonyl (C=O) groups is 2. The molecule has 34 heavy (non-hydrogen) atoms. The molecule has 1 fully saturated rings. The van der Waals surface area contributed by atoms with Crippen LogP contribution in [0.3, 0.4) is 0 Å². The van der Waals surface area contributed by atoms with Gasteiger partial charge in [0.15, 0.2) is 0 Å². The average Bonchev–Trinajstić information content (AvgIpc) is 3.26. The zero-order chi connectivity index (χ0) is 24.1. The molecule has 1 aliphatic rings. The SMILES string of the molecule is CN(C)C(=O)C1CCN(C(=O)/C=C/c2cn(Cc3ccccc3Cl)nc2-c2ccccc2)CC1. The first-order valence-electron chi connectivity index (χ1n) is 11.5. The van der Waals surface area contributed by atoms with Crippen LogP contribution in [0.2, 0.25) is 5.02 Å². The average molecular weight is 477 g/mol. The molecule has 0 aliphatic carbocycles. The van der Waals surface area contributed by atoms with Gasteiger partial charge in [0.1, 0.15) is 0 Å². The normalized spacial score (nSPS) is 14.5. The fourth-order valence-corrected chi connectivity index (χ4v) is 4.44. The third-order valence-corrected chi connectivity index (χ3v) is 6.50. The summed E-state index contributed by atoms with van der Waals surface area (Å²) in [5.41, 5.74) is 3.64. The lowest BCUT2D eigenvalue weighted by molar-refractivity contribution is -0.137. The van der Waals surface area contributed by atoms with Crippen molar-refractivity contribution in [2.75, 3.05) is 27.2 Å². The van der Waals surface area contributed by atoms with Crippen LogP contribution >= 0.6 is 11.6 Å². The highest BCUT2D eigenvalue weighted by Crippen LogP contribution is 2.25. The largest absolute Gasteiger partial charge is 0.349 e. The molecule has 0 saturated carbocycles. The summed E-state index contributed by atoms with van der Waals surface area (Å²) in [6.45, 7) is 1.71. The molecule has 0 unspecified atom stereocenters. The summed E-state index contributed by atoms with van der Waals surface area (Å²) in [4.78, 5) is 28.5. The summed E-state index contributed by atoms with van der Waals surface area (Å²) in [5, 5.41) is 5.49. The fourth-order valence-electron chi connectivity index (χ4n) is 4.24. The Kier molecular flexibility index (Phi) is 7.48. The van der Waals surface area contributed by atoms with Gasteiger partial charge >= 0.3 is 0 Å². The fraction of sp³-hybridized carbons (Fsp3) is 0.296. The monoisotopic (exact) mass is 476 g/mol. The Morgan fingerprint density at radius 2 is 1.74 bits per heavy atom. The highest BCUT2D eigenvalue weighted by Gasteiger charge is 2.27. The van der Waals surface area contributed by atoms with Gasteiger partial charge < -0.3 is 9.80 Å². The molecule has 0 radical (unpaired) electrons. The second-order valence-corrected chi connectivity index (χ2v) is 9.16. The Morgan fingerprint density at radius 1 is 1.06 bits per heavy atom. The topological polar surface area (TPSA) is 58.4 Å². The Hall–Kier alpha value is -3.38. The van der Waals surface area contributed by atoms with Crippen LogP contribution < -0.4 is 0 Å². The summed E-state index contributed by atoms with van der Waals surface area (Å²) >= 11 is 6.34. The molecule has 0 N–H and O–H groups in total. The van der Waals surface area contributed by atoms with Crippen LogP contribution in [-0.2, 0) is 16.1 Å². The van der Waals surface area contributed by atoms with Crippen molar-refractivity contribution >= 4 is 29.5 Å². The minimum Gasteiger partial charge on any atom is -0.349 e. The standard InChI is InChI=1S/C27H29ClN4O2/c1-30(2)27(34)21-14-16-31(17-15-21)25(33)13-12-23-19-32(18-22-10-6-7-11-24(22)28)29-26(23)20-8-4-3-5-9-20/h3-13,19,21H,14-18H2,1-2H3/b13-12+. The molecule has 1 aliphatic heterocycles. The number of hydrogen-bond acceptors (Lipinski definition) is 3. The van der Waals surface area contributed by atoms with E-state index in [1.165, 1.54) is 0 Å². The zero-order valence-corrected chi connectivity index (χ0v) is 20.3. The predicted octanol–water partition coefficient (Wildman–Crippen LogP) is 4.59. The van der Waals surface area contributed by atoms with E-state index in [9.17, 15) is 9.59 Å². The van der Waals surface area contributed by atoms with Gasteiger partial charge in [-0.15, -0.1) is 0 Å². The van der Waals surface area contributed by atoms with Gasteiger partial charge in [0.25, 0.3) is 0 Å². The van der Waals surface area contributed by atoms with E-state index in [4.69, 9.17) is 16.7 Å². The first kappa shape index (κ1) is 23.8. The van der Waals surface area contributed by atoms with E-state index < -0.39 is 0 Å². The van der Waals surface area contributed by atoms with E-state index in [0.29, 0.717) is 37.5 Å². The number of rotatable bonds is 6. The molecular weight excluding hydrogens is 448 g/mol. The van der Waals surface area contributed by atoms with Crippen molar-refractivity contribution in [1.82, 2.24) is 19.6 Å². The zero-order valence-electron chi connectivity index (χ0n) is 19.5. The van der Waals surface area contributed by atoms with Crippen LogP contribution in [0.15, 0.2) is 66.9 Å². The molecule has 3 aromatic rings. The summed E-state index contributed by atoms with van der Waals surface area (Å²) in [5.74, 6) is 0.0884. The Labute approximate surface area is 205 Å². The van der Waals surface area contributed by atoms with Crippen LogP contribution in [0.4, 0.5) is 0 Å². The molecule has 2 amide bonds. The number of amides is 2. The van der Waals surface area contributed by atoms with Crippen molar-refractivity contribution in [1.29, 1.82) is 0 Å². The molecule has 6 nitrogen and oxygen atoms in total. The van der Waals surface area contributed by atoms with Crippen LogP contribution in [0.25, 0.3) is 17.3 Å². The molecule has 0 atom stereocenters. The molecule has 0 bridgehead atoms. The molecule has 7 heteroatoms. The van der Waals surface area contributed by atoms with Crippen LogP contribution in [0.1, 0.15) is 24.0 Å². The van der Waals surface area contributed by atoms with Crippen LogP contribution in [0.5, 0.6) is 0 Å². The van der Waals surface area contributed by atoms with E-state index in [1.54, 1.807) is 25.1 Å². The highest BCUT2D eigenvalue weighted by atomic mass is 35.5. The number of carbonyl (C=O) groups excluding carboxylic acids is 2. The first-order valence-corrected chi connectivity index (χ1v) is 11.8. The maximum absolute atomic E-state index is 12.9. The lowest BCUT2D eigenvalue weighted by Gasteiger charge is -2.31. The number of likely N-dealkylation sites (tertiary alicyclic amines) is 1. The highest BCUT2D eigenvalue weighted by molar-refractivity contribution is 6.31. The number of halogens is 1. The van der Waals surface area contributed by atoms with Crippen molar-refractivity contribution in [3.05, 3.63) is 83.0 Å². The Morgan fingerprint density at radius 3 is 2.41 bits per heavy atom. The minimum atomic E-state index is -0.0476. The number of piperidine rings is 1. The van der Waals surface area contributed by atoms with E-state index in [1.807, 2.05) is 76.5 Å². The number of benzene rings is 2. The summed E-state index contributed by atoms with van der Waals surface area (Å²) in [6.07, 6.45) is 6.77. The third kappa shape index (κ3) is 5.57. The van der Waals surface area contributed by atoms with Gasteiger partial charge in [-0.05, 0) is 30.5 Å². The molecule has 0 spiro atoms. The lowest BCUT2D eigenvalue weighted by Crippen LogP contribution is -2.42. The van der Waals surface area contributed by atoms with E-state index in [-0.39, 0.29) is 17.7 Å². The van der Waals surface area contributed by atoms with E-state index in [0.717, 1.165) is 22.4 Å². The van der Waals surface area contributed by atoms with Gasteiger partial charge in [-0.3, -0.25) is 14.3 Å². The summed E-state index contributed by atoms with van der Waals surface area (Å²) in [6, 6.07) is 17.6. The number of nitrogens with zero attached hydrogens (tertiary/aromatic N) is 4. The number of hydrogen-bond donors (Lipinski definition) is 0. The molecule has 1 saturated heterocycles. The van der Waals surface area contributed by atoms with E-state index in [2.05, 4.69) is 0 Å². The molecule has 176 valence electrons. The van der Waals surface area contributed by atoms with Gasteiger partial charge in [0.2, 0.25) is 11.8 Å². The lowest BCUT2D eigenvalue weighted by atomic mass is 9.95. The van der Waals surface area contributed by atoms with Crippen LogP contribution in [-0.4, -0.2) is 58.6 Å².